The number of carboxylic acid groups (broad SMARTS) is 1. The van der Waals surface area contributed by atoms with E-state index in [9.17, 15) is 9.90 Å². The molecule has 3 aromatic heterocycles. The molecule has 1 aliphatic carbocycles. The maximum Gasteiger partial charge on any atom is 0.306 e. The molecule has 1 fully saturated rings. The fraction of sp³-hybridized carbons (Fsp3) is 0.346. The molecule has 1 aliphatic rings. The molecule has 0 unspecified atom stereocenters. The van der Waals surface area contributed by atoms with Crippen molar-refractivity contribution in [2.75, 3.05) is 5.32 Å². The first-order valence-corrected chi connectivity index (χ1v) is 12.9. The van der Waals surface area contributed by atoms with Crippen molar-refractivity contribution in [3.05, 3.63) is 59.2 Å². The Bertz CT molecular complexity index is 1350. The van der Waals surface area contributed by atoms with Gasteiger partial charge in [-0.25, -0.2) is 14.6 Å². The van der Waals surface area contributed by atoms with Crippen molar-refractivity contribution >= 4 is 22.4 Å². The number of aryl methyl sites for hydroxylation is 2. The first-order chi connectivity index (χ1) is 17.5. The van der Waals surface area contributed by atoms with E-state index >= 15 is 0 Å². The molecule has 0 spiro atoms. The smallest absolute Gasteiger partial charge is 0.306 e. The molecule has 2 atom stereocenters. The number of benzene rings is 1. The number of ether oxygens (including phenoxy) is 1. The summed E-state index contributed by atoms with van der Waals surface area (Å²) in [6.45, 7) is 2.39. The Balaban J connectivity index is 1.28. The summed E-state index contributed by atoms with van der Waals surface area (Å²) in [4.78, 5) is 20.8. The minimum absolute atomic E-state index is 0.110. The van der Waals surface area contributed by atoms with Crippen LogP contribution in [0.25, 0.3) is 22.6 Å². The lowest BCUT2D eigenvalue weighted by Gasteiger charge is -2.27. The van der Waals surface area contributed by atoms with Gasteiger partial charge in [0.1, 0.15) is 11.4 Å². The predicted octanol–water partition coefficient (Wildman–Crippen LogP) is 4.94. The van der Waals surface area contributed by atoms with Gasteiger partial charge in [0.15, 0.2) is 5.13 Å². The van der Waals surface area contributed by atoms with Crippen molar-refractivity contribution in [3.63, 3.8) is 0 Å². The highest BCUT2D eigenvalue weighted by Crippen LogP contribution is 2.31. The molecule has 0 amide bonds. The molecule has 36 heavy (non-hydrogen) atoms. The number of hydrogen-bond donors (Lipinski definition) is 2. The van der Waals surface area contributed by atoms with E-state index in [4.69, 9.17) is 14.7 Å². The normalized spacial score (nSPS) is 17.6. The highest BCUT2D eigenvalue weighted by atomic mass is 32.1. The van der Waals surface area contributed by atoms with E-state index in [1.54, 1.807) is 16.0 Å². The molecule has 0 radical (unpaired) electrons. The van der Waals surface area contributed by atoms with Gasteiger partial charge in [-0.3, -0.25) is 4.79 Å². The molecule has 2 N–H and O–H groups in total. The molecule has 0 bridgehead atoms. The zero-order valence-corrected chi connectivity index (χ0v) is 21.0. The van der Waals surface area contributed by atoms with Gasteiger partial charge >= 0.3 is 5.97 Å². The minimum atomic E-state index is -0.744. The molecule has 4 aromatic rings. The van der Waals surface area contributed by atoms with E-state index < -0.39 is 5.97 Å². The van der Waals surface area contributed by atoms with E-state index in [0.717, 1.165) is 40.6 Å². The molecule has 1 aromatic carbocycles. The highest BCUT2D eigenvalue weighted by molar-refractivity contribution is 7.14. The fourth-order valence-electron chi connectivity index (χ4n) is 4.49. The van der Waals surface area contributed by atoms with Gasteiger partial charge in [0.05, 0.1) is 41.3 Å². The Hall–Kier alpha value is -3.79. The van der Waals surface area contributed by atoms with Gasteiger partial charge in [-0.05, 0) is 44.7 Å². The molecule has 186 valence electrons. The quantitative estimate of drug-likeness (QED) is 0.347. The largest absolute Gasteiger partial charge is 0.489 e. The molecule has 1 saturated carbocycles. The summed E-state index contributed by atoms with van der Waals surface area (Å²) in [7, 11) is 1.86. The van der Waals surface area contributed by atoms with E-state index in [-0.39, 0.29) is 12.0 Å². The Kier molecular flexibility index (Phi) is 6.95. The number of anilines is 1. The predicted molar refractivity (Wildman–Crippen MR) is 138 cm³/mol. The van der Waals surface area contributed by atoms with Crippen molar-refractivity contribution in [1.29, 1.82) is 0 Å². The second-order valence-electron chi connectivity index (χ2n) is 8.99. The van der Waals surface area contributed by atoms with Gasteiger partial charge < -0.3 is 15.2 Å². The Morgan fingerprint density at radius 3 is 2.78 bits per heavy atom. The molecule has 10 heteroatoms. The summed E-state index contributed by atoms with van der Waals surface area (Å²) in [5.74, 6) is -0.409. The van der Waals surface area contributed by atoms with Crippen LogP contribution in [0.5, 0.6) is 5.75 Å². The van der Waals surface area contributed by atoms with E-state index in [1.165, 1.54) is 0 Å². The van der Waals surface area contributed by atoms with Crippen LogP contribution in [-0.4, -0.2) is 42.1 Å². The number of carboxylic acids is 1. The Morgan fingerprint density at radius 2 is 2.00 bits per heavy atom. The lowest BCUT2D eigenvalue weighted by atomic mass is 9.87. The SMILES string of the molecule is Cc1nc(-c2nnn(C)c2CNc2nc(-c3ccccc3)cs2)ccc1O[C@H]1CCC[C@H](C(=O)O)C1. The summed E-state index contributed by atoms with van der Waals surface area (Å²) in [6, 6.07) is 13.9. The number of carbonyl (C=O) groups is 1. The molecule has 9 nitrogen and oxygen atoms in total. The first kappa shape index (κ1) is 23.9. The van der Waals surface area contributed by atoms with Gasteiger partial charge in [-0.2, -0.15) is 0 Å². The fourth-order valence-corrected chi connectivity index (χ4v) is 5.21. The van der Waals surface area contributed by atoms with E-state index in [1.807, 2.05) is 61.8 Å². The van der Waals surface area contributed by atoms with Gasteiger partial charge in [-0.1, -0.05) is 35.5 Å². The summed E-state index contributed by atoms with van der Waals surface area (Å²) in [5.41, 5.74) is 5.06. The van der Waals surface area contributed by atoms with E-state index in [0.29, 0.717) is 36.5 Å². The lowest BCUT2D eigenvalue weighted by molar-refractivity contribution is -0.143. The van der Waals surface area contributed by atoms with Crippen molar-refractivity contribution < 1.29 is 14.6 Å². The Morgan fingerprint density at radius 1 is 1.17 bits per heavy atom. The molecule has 5 rings (SSSR count). The maximum atomic E-state index is 11.4. The number of nitrogens with zero attached hydrogens (tertiary/aromatic N) is 5. The number of hydrogen-bond acceptors (Lipinski definition) is 8. The number of aromatic nitrogens is 5. The van der Waals surface area contributed by atoms with Crippen LogP contribution in [0.4, 0.5) is 5.13 Å². The van der Waals surface area contributed by atoms with Crippen LogP contribution in [0.3, 0.4) is 0 Å². The standard InChI is InChI=1S/C26H28N6O3S/c1-16-23(35-19-10-6-9-18(13-19)25(33)34)12-11-20(28-16)24-22(32(2)31-30-24)14-27-26-29-21(15-36-26)17-7-4-3-5-8-17/h3-5,7-8,11-12,15,18-19H,6,9-10,13-14H2,1-2H3,(H,27,29)(H,33,34)/t18-,19-/m0/s1. The number of rotatable bonds is 8. The summed E-state index contributed by atoms with van der Waals surface area (Å²) < 4.78 is 7.89. The Labute approximate surface area is 213 Å². The number of nitrogens with one attached hydrogen (secondary N) is 1. The first-order valence-electron chi connectivity index (χ1n) is 12.0. The van der Waals surface area contributed by atoms with Crippen LogP contribution in [0.2, 0.25) is 0 Å². The van der Waals surface area contributed by atoms with Crippen molar-refractivity contribution in [2.24, 2.45) is 13.0 Å². The third-order valence-electron chi connectivity index (χ3n) is 6.47. The molecule has 3 heterocycles. The summed E-state index contributed by atoms with van der Waals surface area (Å²) in [6.07, 6.45) is 2.84. The van der Waals surface area contributed by atoms with Gasteiger partial charge in [0.25, 0.3) is 0 Å². The highest BCUT2D eigenvalue weighted by Gasteiger charge is 2.28. The summed E-state index contributed by atoms with van der Waals surface area (Å²) in [5, 5.41) is 24.2. The van der Waals surface area contributed by atoms with Crippen LogP contribution in [0.1, 0.15) is 37.1 Å². The van der Waals surface area contributed by atoms with Crippen molar-refractivity contribution in [1.82, 2.24) is 25.0 Å². The van der Waals surface area contributed by atoms with E-state index in [2.05, 4.69) is 15.6 Å². The number of thiazole rings is 1. The van der Waals surface area contributed by atoms with Crippen LogP contribution in [0, 0.1) is 12.8 Å². The zero-order chi connectivity index (χ0) is 25.1. The van der Waals surface area contributed by atoms with Gasteiger partial charge in [-0.15, -0.1) is 16.4 Å². The van der Waals surface area contributed by atoms with Crippen LogP contribution < -0.4 is 10.1 Å². The van der Waals surface area contributed by atoms with Crippen LogP contribution in [-0.2, 0) is 18.4 Å². The third-order valence-corrected chi connectivity index (χ3v) is 7.27. The lowest BCUT2D eigenvalue weighted by Crippen LogP contribution is -2.29. The molecular weight excluding hydrogens is 476 g/mol. The van der Waals surface area contributed by atoms with Crippen LogP contribution >= 0.6 is 11.3 Å². The second kappa shape index (κ2) is 10.4. The molecule has 0 aliphatic heterocycles. The molecular formula is C26H28N6O3S. The number of aliphatic carboxylic acids is 1. The topological polar surface area (TPSA) is 115 Å². The summed E-state index contributed by atoms with van der Waals surface area (Å²) >= 11 is 1.56. The van der Waals surface area contributed by atoms with Crippen molar-refractivity contribution in [3.8, 4) is 28.4 Å². The van der Waals surface area contributed by atoms with Crippen LogP contribution in [0.15, 0.2) is 47.8 Å². The molecule has 0 saturated heterocycles. The monoisotopic (exact) mass is 504 g/mol. The second-order valence-corrected chi connectivity index (χ2v) is 9.85. The minimum Gasteiger partial charge on any atom is -0.489 e. The number of pyridine rings is 1. The average molecular weight is 505 g/mol. The average Bonchev–Trinajstić information content (AvgIpc) is 3.51. The third kappa shape index (κ3) is 5.23. The zero-order valence-electron chi connectivity index (χ0n) is 20.2. The maximum absolute atomic E-state index is 11.4. The van der Waals surface area contributed by atoms with Crippen molar-refractivity contribution in [2.45, 2.75) is 45.3 Å². The van der Waals surface area contributed by atoms with Gasteiger partial charge in [0, 0.05) is 18.0 Å². The van der Waals surface area contributed by atoms with Gasteiger partial charge in [0.2, 0.25) is 0 Å².